The van der Waals surface area contributed by atoms with Gasteiger partial charge in [-0.1, -0.05) is 50.7 Å². The molecule has 2 aliphatic rings. The van der Waals surface area contributed by atoms with Gasteiger partial charge in [-0.3, -0.25) is 13.6 Å². The van der Waals surface area contributed by atoms with E-state index in [0.717, 1.165) is 17.7 Å². The van der Waals surface area contributed by atoms with Crippen molar-refractivity contribution in [2.24, 2.45) is 11.8 Å². The van der Waals surface area contributed by atoms with Crippen molar-refractivity contribution in [1.82, 2.24) is 0 Å². The largest absolute Gasteiger partial charge is 0.475 e. The van der Waals surface area contributed by atoms with Gasteiger partial charge in [-0.25, -0.2) is 4.57 Å². The number of hydrogen-bond acceptors (Lipinski definition) is 6. The Morgan fingerprint density at radius 2 is 1.84 bits per heavy atom. The Morgan fingerprint density at radius 1 is 1.16 bits per heavy atom. The van der Waals surface area contributed by atoms with Gasteiger partial charge in [-0.2, -0.15) is 0 Å². The van der Waals surface area contributed by atoms with Gasteiger partial charge in [-0.15, -0.1) is 0 Å². The summed E-state index contributed by atoms with van der Waals surface area (Å²) in [4.78, 5) is 1.10. The van der Waals surface area contributed by atoms with Crippen LogP contribution in [0.1, 0.15) is 33.6 Å². The molecule has 5 unspecified atom stereocenters. The number of rotatable bonds is 5. The van der Waals surface area contributed by atoms with Gasteiger partial charge in [0.05, 0.1) is 19.3 Å². The summed E-state index contributed by atoms with van der Waals surface area (Å²) in [6.07, 6.45) is 1.48. The fraction of sp³-hybridized carbons (Fsp3) is 0.667. The van der Waals surface area contributed by atoms with Crippen molar-refractivity contribution in [3.63, 3.8) is 0 Å². The van der Waals surface area contributed by atoms with Crippen molar-refractivity contribution < 1.29 is 22.9 Å². The molecule has 3 rings (SSSR count). The maximum atomic E-state index is 12.8. The summed E-state index contributed by atoms with van der Waals surface area (Å²) in [7, 11) is -3.51. The van der Waals surface area contributed by atoms with Crippen LogP contribution in [-0.4, -0.2) is 30.9 Å². The van der Waals surface area contributed by atoms with Crippen LogP contribution < -0.4 is 0 Å². The average molecular weight is 386 g/mol. The summed E-state index contributed by atoms with van der Waals surface area (Å²) < 4.78 is 35.7. The number of benzene rings is 1. The number of ether oxygens (including phenoxy) is 1. The normalized spacial score (nSPS) is 35.4. The van der Waals surface area contributed by atoms with E-state index in [1.807, 2.05) is 30.3 Å². The average Bonchev–Trinajstić information content (AvgIpc) is 2.62. The third kappa shape index (κ3) is 4.68. The summed E-state index contributed by atoms with van der Waals surface area (Å²) in [5.41, 5.74) is -0.251. The molecule has 7 heteroatoms. The Hall–Kier alpha value is -0.360. The van der Waals surface area contributed by atoms with Crippen molar-refractivity contribution in [2.75, 3.05) is 13.2 Å². The van der Waals surface area contributed by atoms with E-state index >= 15 is 0 Å². The van der Waals surface area contributed by atoms with Gasteiger partial charge in [-0.05, 0) is 36.8 Å². The van der Waals surface area contributed by atoms with E-state index in [-0.39, 0.29) is 23.6 Å². The first-order chi connectivity index (χ1) is 12.0. The summed E-state index contributed by atoms with van der Waals surface area (Å²) >= 11 is 1.61. The van der Waals surface area contributed by atoms with Crippen LogP contribution in [-0.2, 0) is 22.9 Å². The Bertz CT molecular complexity index is 588. The maximum Gasteiger partial charge on any atom is 0.475 e. The van der Waals surface area contributed by atoms with Crippen molar-refractivity contribution in [3.05, 3.63) is 30.3 Å². The Balaban J connectivity index is 1.80. The molecule has 0 bridgehead atoms. The zero-order valence-corrected chi connectivity index (χ0v) is 16.7. The molecule has 1 aromatic rings. The van der Waals surface area contributed by atoms with Crippen LogP contribution in [0, 0.1) is 11.8 Å². The van der Waals surface area contributed by atoms with Gasteiger partial charge in [0.25, 0.3) is 0 Å². The molecule has 140 valence electrons. The molecule has 2 aliphatic heterocycles. The quantitative estimate of drug-likeness (QED) is 0.655. The van der Waals surface area contributed by atoms with Gasteiger partial charge < -0.3 is 4.74 Å². The van der Waals surface area contributed by atoms with Crippen LogP contribution in [0.5, 0.6) is 0 Å². The summed E-state index contributed by atoms with van der Waals surface area (Å²) in [6, 6.07) is 10.1. The molecule has 0 spiro atoms. The first kappa shape index (κ1) is 19.4. The van der Waals surface area contributed by atoms with Gasteiger partial charge >= 0.3 is 7.82 Å². The third-order valence-electron chi connectivity index (χ3n) is 4.95. The molecule has 0 aliphatic carbocycles. The minimum atomic E-state index is -3.51. The second kappa shape index (κ2) is 8.55. The molecule has 2 fully saturated rings. The predicted octanol–water partition coefficient (Wildman–Crippen LogP) is 5.12. The predicted molar refractivity (Wildman–Crippen MR) is 98.6 cm³/mol. The van der Waals surface area contributed by atoms with Crippen LogP contribution in [0.25, 0.3) is 0 Å². The van der Waals surface area contributed by atoms with Gasteiger partial charge in [0.2, 0.25) is 0 Å². The first-order valence-corrected chi connectivity index (χ1v) is 11.3. The zero-order valence-electron chi connectivity index (χ0n) is 15.0. The molecule has 0 saturated carbocycles. The van der Waals surface area contributed by atoms with E-state index in [1.165, 1.54) is 0 Å². The molecule has 25 heavy (non-hydrogen) atoms. The fourth-order valence-corrected chi connectivity index (χ4v) is 6.06. The highest BCUT2D eigenvalue weighted by Crippen LogP contribution is 2.56. The summed E-state index contributed by atoms with van der Waals surface area (Å²) in [6.45, 7) is 7.24. The first-order valence-electron chi connectivity index (χ1n) is 8.97. The van der Waals surface area contributed by atoms with Crippen molar-refractivity contribution in [3.8, 4) is 0 Å². The molecular formula is C18H27O5PS. The third-order valence-corrected chi connectivity index (χ3v) is 7.60. The Kier molecular flexibility index (Phi) is 6.64. The van der Waals surface area contributed by atoms with Crippen LogP contribution in [0.3, 0.4) is 0 Å². The Morgan fingerprint density at radius 3 is 2.48 bits per heavy atom. The van der Waals surface area contributed by atoms with E-state index < -0.39 is 7.82 Å². The lowest BCUT2D eigenvalue weighted by atomic mass is 9.83. The lowest BCUT2D eigenvalue weighted by molar-refractivity contribution is -0.133. The standard InChI is InChI=1S/C18H27O5PS/c1-4-16-13(2)14(3)17(23-24(19)20-11-8-12-21-24)18(22-16)25-15-9-6-5-7-10-15/h5-7,9-10,13-14,16-18H,4,8,11-12H2,1-3H3. The monoisotopic (exact) mass is 386 g/mol. The van der Waals surface area contributed by atoms with Gasteiger partial charge in [0.1, 0.15) is 11.5 Å². The number of phosphoric ester groups is 1. The van der Waals surface area contributed by atoms with Crippen LogP contribution in [0.4, 0.5) is 0 Å². The van der Waals surface area contributed by atoms with Crippen molar-refractivity contribution in [2.45, 2.75) is 56.2 Å². The second-order valence-electron chi connectivity index (χ2n) is 6.64. The smallest absolute Gasteiger partial charge is 0.361 e. The molecule has 2 saturated heterocycles. The van der Waals surface area contributed by atoms with E-state index in [9.17, 15) is 4.57 Å². The lowest BCUT2D eigenvalue weighted by Crippen LogP contribution is -2.48. The van der Waals surface area contributed by atoms with E-state index in [2.05, 4.69) is 20.8 Å². The summed E-state index contributed by atoms with van der Waals surface area (Å²) in [5, 5.41) is 0. The van der Waals surface area contributed by atoms with Crippen LogP contribution in [0.15, 0.2) is 35.2 Å². The minimum Gasteiger partial charge on any atom is -0.361 e. The fourth-order valence-electron chi connectivity index (χ4n) is 3.26. The highest BCUT2D eigenvalue weighted by Gasteiger charge is 2.46. The van der Waals surface area contributed by atoms with Gasteiger partial charge in [0, 0.05) is 4.90 Å². The number of phosphoric acid groups is 1. The van der Waals surface area contributed by atoms with Crippen molar-refractivity contribution in [1.29, 1.82) is 0 Å². The highest BCUT2D eigenvalue weighted by atomic mass is 32.2. The molecule has 0 N–H and O–H groups in total. The van der Waals surface area contributed by atoms with Gasteiger partial charge in [0.15, 0.2) is 0 Å². The molecule has 0 aromatic heterocycles. The van der Waals surface area contributed by atoms with Crippen molar-refractivity contribution >= 4 is 19.6 Å². The molecule has 0 radical (unpaired) electrons. The topological polar surface area (TPSA) is 54.0 Å². The van der Waals surface area contributed by atoms with E-state index in [1.54, 1.807) is 11.8 Å². The minimum absolute atomic E-state index is 0.158. The molecular weight excluding hydrogens is 359 g/mol. The number of thioether (sulfide) groups is 1. The highest BCUT2D eigenvalue weighted by molar-refractivity contribution is 7.99. The molecule has 5 atom stereocenters. The zero-order chi connectivity index (χ0) is 17.9. The molecule has 5 nitrogen and oxygen atoms in total. The Labute approximate surface area is 154 Å². The number of hydrogen-bond donors (Lipinski definition) is 0. The maximum absolute atomic E-state index is 12.8. The van der Waals surface area contributed by atoms with E-state index in [4.69, 9.17) is 18.3 Å². The van der Waals surface area contributed by atoms with E-state index in [0.29, 0.717) is 19.1 Å². The SMILES string of the molecule is CCC1OC(Sc2ccccc2)C(OP2(=O)OCCCO2)C(C)C1C. The molecule has 0 amide bonds. The molecule has 1 aromatic carbocycles. The van der Waals surface area contributed by atoms with Crippen LogP contribution >= 0.6 is 19.6 Å². The summed E-state index contributed by atoms with van der Waals surface area (Å²) in [5.74, 6) is 0.485. The lowest BCUT2D eigenvalue weighted by Gasteiger charge is -2.44. The second-order valence-corrected chi connectivity index (χ2v) is 9.43. The van der Waals surface area contributed by atoms with Crippen LogP contribution in [0.2, 0.25) is 0 Å². The molecule has 2 heterocycles.